The molecule has 2 aromatic carbocycles. The number of hydrogen-bond donors (Lipinski definition) is 0. The first-order valence-electron chi connectivity index (χ1n) is 10.5. The molecule has 0 spiro atoms. The molecule has 0 atom stereocenters. The van der Waals surface area contributed by atoms with Crippen molar-refractivity contribution in [2.24, 2.45) is 0 Å². The van der Waals surface area contributed by atoms with E-state index in [1.54, 1.807) is 11.3 Å². The molecule has 0 aliphatic carbocycles. The zero-order chi connectivity index (χ0) is 24.2. The highest BCUT2D eigenvalue weighted by Crippen LogP contribution is 2.31. The van der Waals surface area contributed by atoms with E-state index in [2.05, 4.69) is 54.0 Å². The third kappa shape index (κ3) is 9.21. The summed E-state index contributed by atoms with van der Waals surface area (Å²) in [6, 6.07) is 16.5. The lowest BCUT2D eigenvalue weighted by atomic mass is 10.2. The molecule has 0 unspecified atom stereocenters. The number of nitrogens with zero attached hydrogens (tertiary/aromatic N) is 3. The Morgan fingerprint density at radius 2 is 1.64 bits per heavy atom. The molecule has 0 saturated carbocycles. The average Bonchev–Trinajstić information content (AvgIpc) is 3.21. The molecule has 176 valence electrons. The molecule has 0 amide bonds. The fraction of sp³-hybridized carbons (Fsp3) is 0.292. The largest absolute Gasteiger partial charge is 0.545 e. The Hall–Kier alpha value is -2.94. The van der Waals surface area contributed by atoms with Gasteiger partial charge in [-0.05, 0) is 49.0 Å². The van der Waals surface area contributed by atoms with Crippen molar-refractivity contribution in [2.75, 3.05) is 31.1 Å². The zero-order valence-corrected chi connectivity index (χ0v) is 20.1. The number of rotatable bonds is 10. The minimum absolute atomic E-state index is 0.384. The van der Waals surface area contributed by atoms with Gasteiger partial charge < -0.3 is 29.6 Å². The number of fused-ring (bicyclic) bond motifs is 1. The molecule has 0 saturated heterocycles. The number of halogens is 1. The maximum atomic E-state index is 9.41. The number of thiazole rings is 1. The maximum Gasteiger partial charge on any atom is 0.186 e. The van der Waals surface area contributed by atoms with Gasteiger partial charge >= 0.3 is 0 Å². The van der Waals surface area contributed by atoms with Gasteiger partial charge in [0.05, 0.1) is 22.2 Å². The van der Waals surface area contributed by atoms with Gasteiger partial charge in [-0.15, -0.1) is 0 Å². The Bertz CT molecular complexity index is 1050. The van der Waals surface area contributed by atoms with Crippen LogP contribution < -0.4 is 15.1 Å². The Labute approximate surface area is 202 Å². The fourth-order valence-corrected chi connectivity index (χ4v) is 4.27. The number of carboxylic acids is 2. The molecule has 1 heterocycles. The smallest absolute Gasteiger partial charge is 0.186 e. The molecular weight excluding hydrogens is 462 g/mol. The van der Waals surface area contributed by atoms with Gasteiger partial charge in [0.1, 0.15) is 0 Å². The van der Waals surface area contributed by atoms with Gasteiger partial charge in [0, 0.05) is 24.7 Å². The normalized spacial score (nSPS) is 10.9. The highest BCUT2D eigenvalue weighted by Gasteiger charge is 2.14. The van der Waals surface area contributed by atoms with Crippen molar-refractivity contribution in [1.29, 1.82) is 0 Å². The van der Waals surface area contributed by atoms with Crippen molar-refractivity contribution in [2.45, 2.75) is 20.4 Å². The van der Waals surface area contributed by atoms with E-state index in [9.17, 15) is 19.8 Å². The molecular formula is C24H26ClN3O4S-2. The van der Waals surface area contributed by atoms with Crippen LogP contribution in [0.25, 0.3) is 10.2 Å². The van der Waals surface area contributed by atoms with Gasteiger partial charge in [-0.3, -0.25) is 0 Å². The predicted octanol–water partition coefficient (Wildman–Crippen LogP) is 2.34. The Kier molecular flexibility index (Phi) is 10.8. The van der Waals surface area contributed by atoms with Gasteiger partial charge in [0.2, 0.25) is 0 Å². The van der Waals surface area contributed by atoms with E-state index in [0.717, 1.165) is 53.1 Å². The maximum absolute atomic E-state index is 9.41. The first-order valence-corrected chi connectivity index (χ1v) is 11.7. The van der Waals surface area contributed by atoms with Crippen LogP contribution in [0.15, 0.2) is 60.7 Å². The minimum Gasteiger partial charge on any atom is -0.545 e. The summed E-state index contributed by atoms with van der Waals surface area (Å²) in [4.78, 5) is 28.5. The van der Waals surface area contributed by atoms with Crippen LogP contribution in [0.2, 0.25) is 5.02 Å². The van der Waals surface area contributed by atoms with Crippen molar-refractivity contribution >= 4 is 50.2 Å². The van der Waals surface area contributed by atoms with E-state index in [0.29, 0.717) is 12.2 Å². The number of carbonyl (C=O) groups is 2. The molecule has 0 bridgehead atoms. The lowest BCUT2D eigenvalue weighted by Crippen LogP contribution is -2.34. The number of likely N-dealkylation sites (N-methyl/N-ethyl adjacent to an activating group) is 1. The van der Waals surface area contributed by atoms with E-state index in [1.165, 1.54) is 5.56 Å². The highest BCUT2D eigenvalue weighted by atomic mass is 35.5. The number of anilines is 1. The van der Waals surface area contributed by atoms with Crippen molar-refractivity contribution < 1.29 is 19.8 Å². The highest BCUT2D eigenvalue weighted by molar-refractivity contribution is 7.22. The van der Waals surface area contributed by atoms with Crippen LogP contribution in [-0.2, 0) is 16.1 Å². The standard InChI is InChI=1S/C20H24ClN3S.C4H4O4/c1-3-23(4-2)12-13-24(15-16-8-6-5-7-9-16)20-22-18-11-10-17(21)14-19(18)25-20;5-3(6)1-2-4(7)8/h5-11,14H,3-4,12-13,15H2,1-2H3;1-2H,(H,5,6)(H,7,8)/p-2/b;2-1+. The Morgan fingerprint density at radius 1 is 1.00 bits per heavy atom. The number of aromatic nitrogens is 1. The van der Waals surface area contributed by atoms with E-state index in [-0.39, 0.29) is 0 Å². The average molecular weight is 488 g/mol. The summed E-state index contributed by atoms with van der Waals surface area (Å²) in [6.07, 6.45) is 0.769. The molecule has 7 nitrogen and oxygen atoms in total. The zero-order valence-electron chi connectivity index (χ0n) is 18.6. The van der Waals surface area contributed by atoms with Crippen molar-refractivity contribution in [3.05, 3.63) is 71.3 Å². The summed E-state index contributed by atoms with van der Waals surface area (Å²) >= 11 is 7.85. The summed E-state index contributed by atoms with van der Waals surface area (Å²) in [5, 5.41) is 20.7. The molecule has 0 aliphatic rings. The predicted molar refractivity (Wildman–Crippen MR) is 129 cm³/mol. The number of hydrogen-bond acceptors (Lipinski definition) is 8. The topological polar surface area (TPSA) is 99.6 Å². The second kappa shape index (κ2) is 13.6. The van der Waals surface area contributed by atoms with Crippen LogP contribution in [0.5, 0.6) is 0 Å². The van der Waals surface area contributed by atoms with E-state index >= 15 is 0 Å². The number of aliphatic carboxylic acids is 2. The quantitative estimate of drug-likeness (QED) is 0.404. The van der Waals surface area contributed by atoms with Gasteiger partial charge in [-0.1, -0.05) is 67.1 Å². The van der Waals surface area contributed by atoms with Crippen molar-refractivity contribution in [1.82, 2.24) is 9.88 Å². The molecule has 9 heteroatoms. The third-order valence-corrected chi connectivity index (χ3v) is 6.08. The van der Waals surface area contributed by atoms with Crippen molar-refractivity contribution in [3.8, 4) is 0 Å². The van der Waals surface area contributed by atoms with Crippen LogP contribution in [0, 0.1) is 0 Å². The fourth-order valence-electron chi connectivity index (χ4n) is 3.01. The van der Waals surface area contributed by atoms with Gasteiger partial charge in [0.15, 0.2) is 5.13 Å². The summed E-state index contributed by atoms with van der Waals surface area (Å²) in [6.45, 7) is 9.45. The molecule has 0 aliphatic heterocycles. The molecule has 0 radical (unpaired) electrons. The van der Waals surface area contributed by atoms with Gasteiger partial charge in [0.25, 0.3) is 0 Å². The van der Waals surface area contributed by atoms with E-state index < -0.39 is 11.9 Å². The lowest BCUT2D eigenvalue weighted by molar-refractivity contribution is -0.301. The summed E-state index contributed by atoms with van der Waals surface area (Å²) in [5.74, 6) is -3.09. The number of carbonyl (C=O) groups excluding carboxylic acids is 2. The first-order chi connectivity index (χ1) is 15.8. The van der Waals surface area contributed by atoms with Crippen LogP contribution >= 0.6 is 22.9 Å². The number of carboxylic acid groups (broad SMARTS) is 2. The molecule has 0 fully saturated rings. The van der Waals surface area contributed by atoms with Crippen molar-refractivity contribution in [3.63, 3.8) is 0 Å². The van der Waals surface area contributed by atoms with Crippen LogP contribution in [-0.4, -0.2) is 48.0 Å². The summed E-state index contributed by atoms with van der Waals surface area (Å²) in [5.41, 5.74) is 2.32. The first kappa shape index (κ1) is 26.3. The van der Waals surface area contributed by atoms with E-state index in [1.807, 2.05) is 18.2 Å². The minimum atomic E-state index is -1.55. The molecule has 33 heavy (non-hydrogen) atoms. The molecule has 1 aromatic heterocycles. The van der Waals surface area contributed by atoms with Crippen LogP contribution in [0.3, 0.4) is 0 Å². The monoisotopic (exact) mass is 487 g/mol. The Balaban J connectivity index is 0.000000414. The van der Waals surface area contributed by atoms with Gasteiger partial charge in [-0.2, -0.15) is 0 Å². The summed E-state index contributed by atoms with van der Waals surface area (Å²) in [7, 11) is 0. The molecule has 3 aromatic rings. The van der Waals surface area contributed by atoms with E-state index in [4.69, 9.17) is 16.6 Å². The second-order valence-electron chi connectivity index (χ2n) is 7.01. The molecule has 3 rings (SSSR count). The van der Waals surface area contributed by atoms with Gasteiger partial charge in [-0.25, -0.2) is 4.98 Å². The Morgan fingerprint density at radius 3 is 2.21 bits per heavy atom. The van der Waals surface area contributed by atoms with Crippen LogP contribution in [0.1, 0.15) is 19.4 Å². The lowest BCUT2D eigenvalue weighted by Gasteiger charge is -2.26. The van der Waals surface area contributed by atoms with Crippen LogP contribution in [0.4, 0.5) is 5.13 Å². The summed E-state index contributed by atoms with van der Waals surface area (Å²) < 4.78 is 1.14. The number of benzene rings is 2. The third-order valence-electron chi connectivity index (χ3n) is 4.76. The molecule has 0 N–H and O–H groups in total. The SMILES string of the molecule is CCN(CC)CCN(Cc1ccccc1)c1nc2ccc(Cl)cc2s1.O=C([O-])/C=C/C(=O)[O-]. The second-order valence-corrected chi connectivity index (χ2v) is 8.46.